The molecule has 34 heavy (non-hydrogen) atoms. The second-order valence-corrected chi connectivity index (χ2v) is 9.20. The van der Waals surface area contributed by atoms with Crippen molar-refractivity contribution < 1.29 is 28.7 Å². The van der Waals surface area contributed by atoms with Gasteiger partial charge in [-0.15, -0.1) is 0 Å². The van der Waals surface area contributed by atoms with Gasteiger partial charge < -0.3 is 14.3 Å². The summed E-state index contributed by atoms with van der Waals surface area (Å²) in [6.07, 6.45) is 0.596. The number of fused-ring (bicyclic) bond motifs is 8. The predicted molar refractivity (Wildman–Crippen MR) is 121 cm³/mol. The van der Waals surface area contributed by atoms with E-state index in [-0.39, 0.29) is 48.2 Å². The van der Waals surface area contributed by atoms with Crippen molar-refractivity contribution in [2.75, 3.05) is 18.6 Å². The van der Waals surface area contributed by atoms with Gasteiger partial charge >= 0.3 is 5.97 Å². The van der Waals surface area contributed by atoms with Gasteiger partial charge in [-0.25, -0.2) is 4.79 Å². The van der Waals surface area contributed by atoms with Gasteiger partial charge in [-0.05, 0) is 67.8 Å². The fraction of sp³-hybridized carbons (Fsp3) is 0.385. The Morgan fingerprint density at radius 3 is 2.32 bits per heavy atom. The second kappa shape index (κ2) is 7.68. The first-order valence-electron chi connectivity index (χ1n) is 11.6. The van der Waals surface area contributed by atoms with Gasteiger partial charge in [0.25, 0.3) is 0 Å². The van der Waals surface area contributed by atoms with Crippen molar-refractivity contribution in [1.82, 2.24) is 0 Å². The Kier molecular flexibility index (Phi) is 4.72. The number of hydrogen-bond acceptors (Lipinski definition) is 7. The summed E-state index contributed by atoms with van der Waals surface area (Å²) in [5.74, 6) is -0.863. The number of rotatable bonds is 5. The van der Waals surface area contributed by atoms with E-state index < -0.39 is 11.9 Å². The number of carbonyl (C=O) groups is 3. The third-order valence-electron chi connectivity index (χ3n) is 7.71. The van der Waals surface area contributed by atoms with Gasteiger partial charge in [0.1, 0.15) is 11.9 Å². The van der Waals surface area contributed by atoms with Gasteiger partial charge in [0, 0.05) is 17.4 Å². The fourth-order valence-corrected chi connectivity index (χ4v) is 6.34. The zero-order chi connectivity index (χ0) is 23.6. The average molecular weight is 460 g/mol. The maximum atomic E-state index is 13.5. The first kappa shape index (κ1) is 20.9. The molecule has 2 aliphatic carbocycles. The van der Waals surface area contributed by atoms with Crippen molar-refractivity contribution in [3.63, 3.8) is 0 Å². The molecule has 8 nitrogen and oxygen atoms in total. The molecule has 2 aliphatic heterocycles. The molecule has 0 spiro atoms. The van der Waals surface area contributed by atoms with Crippen LogP contribution in [0.25, 0.3) is 0 Å². The molecule has 3 fully saturated rings. The average Bonchev–Trinajstić information content (AvgIpc) is 3.60. The summed E-state index contributed by atoms with van der Waals surface area (Å²) in [4.78, 5) is 46.1. The number of benzene rings is 2. The van der Waals surface area contributed by atoms with Crippen molar-refractivity contribution in [2.24, 2.45) is 34.7 Å². The highest BCUT2D eigenvalue weighted by Crippen LogP contribution is 2.62. The standard InChI is InChI=1S/C26H24N2O6/c1-3-33-26(31)14-4-8-15(9-5-14)28-24(29)19-17-12-18(20(19)25(28)30)23-21(17)22(27-34-23)13-6-10-16(32-2)11-7-13/h4-11,17-21,23H,3,12H2,1-2H3/t17-,18-,19+,20-,21-,23+/m0/s1. The highest BCUT2D eigenvalue weighted by Gasteiger charge is 2.70. The topological polar surface area (TPSA) is 94.5 Å². The number of anilines is 1. The Hall–Kier alpha value is -3.68. The summed E-state index contributed by atoms with van der Waals surface area (Å²) in [5.41, 5.74) is 2.65. The van der Waals surface area contributed by atoms with Crippen LogP contribution in [-0.2, 0) is 19.2 Å². The van der Waals surface area contributed by atoms with Crippen LogP contribution in [0.5, 0.6) is 5.75 Å². The molecular weight excluding hydrogens is 436 g/mol. The highest BCUT2D eigenvalue weighted by molar-refractivity contribution is 6.23. The molecule has 0 N–H and O–H groups in total. The molecule has 0 radical (unpaired) electrons. The molecule has 2 bridgehead atoms. The molecule has 0 unspecified atom stereocenters. The summed E-state index contributed by atoms with van der Waals surface area (Å²) in [5, 5.41) is 4.38. The van der Waals surface area contributed by atoms with E-state index in [0.717, 1.165) is 23.4 Å². The molecule has 2 aromatic carbocycles. The number of esters is 1. The van der Waals surface area contributed by atoms with Crippen LogP contribution in [0.4, 0.5) is 5.69 Å². The zero-order valence-corrected chi connectivity index (χ0v) is 18.8. The summed E-state index contributed by atoms with van der Waals surface area (Å²) in [7, 11) is 1.62. The van der Waals surface area contributed by atoms with E-state index in [1.807, 2.05) is 24.3 Å². The van der Waals surface area contributed by atoms with Gasteiger partial charge in [-0.2, -0.15) is 0 Å². The molecule has 2 aromatic rings. The lowest BCUT2D eigenvalue weighted by atomic mass is 9.71. The maximum Gasteiger partial charge on any atom is 0.338 e. The summed E-state index contributed by atoms with van der Waals surface area (Å²) < 4.78 is 10.3. The first-order valence-corrected chi connectivity index (χ1v) is 11.6. The lowest BCUT2D eigenvalue weighted by molar-refractivity contribution is -0.125. The molecule has 6 atom stereocenters. The smallest absolute Gasteiger partial charge is 0.338 e. The highest BCUT2D eigenvalue weighted by atomic mass is 16.6. The number of hydrogen-bond donors (Lipinski definition) is 0. The van der Waals surface area contributed by atoms with Crippen molar-refractivity contribution in [2.45, 2.75) is 19.4 Å². The van der Waals surface area contributed by atoms with E-state index in [9.17, 15) is 14.4 Å². The number of imide groups is 1. The van der Waals surface area contributed by atoms with Gasteiger partial charge in [0.15, 0.2) is 0 Å². The minimum atomic E-state index is -0.432. The van der Waals surface area contributed by atoms with Crippen molar-refractivity contribution in [1.29, 1.82) is 0 Å². The van der Waals surface area contributed by atoms with Crippen molar-refractivity contribution in [3.8, 4) is 5.75 Å². The van der Waals surface area contributed by atoms with E-state index in [0.29, 0.717) is 11.3 Å². The Bertz CT molecular complexity index is 1200. The monoisotopic (exact) mass is 460 g/mol. The van der Waals surface area contributed by atoms with Crippen LogP contribution in [0.2, 0.25) is 0 Å². The third-order valence-corrected chi connectivity index (χ3v) is 7.71. The first-order chi connectivity index (χ1) is 16.5. The lowest BCUT2D eigenvalue weighted by Gasteiger charge is -2.29. The van der Waals surface area contributed by atoms with Gasteiger partial charge in [-0.1, -0.05) is 5.16 Å². The zero-order valence-electron chi connectivity index (χ0n) is 18.8. The second-order valence-electron chi connectivity index (χ2n) is 9.20. The minimum Gasteiger partial charge on any atom is -0.497 e. The molecule has 2 heterocycles. The SMILES string of the molecule is CCOC(=O)c1ccc(N2C(=O)[C@@H]3[C@@H]4C[C@H]([C@H]5ON=C(c6ccc(OC)cc6)[C@H]45)[C@@H]3C2=O)cc1. The minimum absolute atomic E-state index is 0.00334. The molecule has 8 heteroatoms. The number of carbonyl (C=O) groups excluding carboxylic acids is 3. The molecular formula is C26H24N2O6. The van der Waals surface area contributed by atoms with Crippen LogP contribution in [0.3, 0.4) is 0 Å². The number of amides is 2. The number of oxime groups is 1. The van der Waals surface area contributed by atoms with E-state index in [2.05, 4.69) is 5.16 Å². The van der Waals surface area contributed by atoms with E-state index in [4.69, 9.17) is 14.3 Å². The molecule has 2 amide bonds. The van der Waals surface area contributed by atoms with Crippen molar-refractivity contribution in [3.05, 3.63) is 59.7 Å². The fourth-order valence-electron chi connectivity index (χ4n) is 6.34. The number of ether oxygens (including phenoxy) is 2. The largest absolute Gasteiger partial charge is 0.497 e. The molecule has 1 saturated heterocycles. The predicted octanol–water partition coefficient (Wildman–Crippen LogP) is 3.05. The Morgan fingerprint density at radius 2 is 1.68 bits per heavy atom. The van der Waals surface area contributed by atoms with Crippen LogP contribution in [0.15, 0.2) is 53.7 Å². The lowest BCUT2D eigenvalue weighted by Crippen LogP contribution is -2.41. The Labute approximate surface area is 196 Å². The van der Waals surface area contributed by atoms with Gasteiger partial charge in [0.2, 0.25) is 11.8 Å². The van der Waals surface area contributed by atoms with Gasteiger partial charge in [0.05, 0.1) is 42.5 Å². The molecule has 174 valence electrons. The van der Waals surface area contributed by atoms with E-state index >= 15 is 0 Å². The van der Waals surface area contributed by atoms with Crippen LogP contribution in [-0.4, -0.2) is 43.3 Å². The summed E-state index contributed by atoms with van der Waals surface area (Å²) >= 11 is 0. The van der Waals surface area contributed by atoms with E-state index in [1.165, 1.54) is 4.90 Å². The molecule has 2 saturated carbocycles. The Balaban J connectivity index is 1.27. The maximum absolute atomic E-state index is 13.5. The summed E-state index contributed by atoms with van der Waals surface area (Å²) in [6.45, 7) is 2.02. The number of methoxy groups -OCH3 is 1. The normalized spacial score (nSPS) is 30.6. The third kappa shape index (κ3) is 2.84. The van der Waals surface area contributed by atoms with Crippen LogP contribution < -0.4 is 9.64 Å². The number of nitrogens with zero attached hydrogens (tertiary/aromatic N) is 2. The van der Waals surface area contributed by atoms with Crippen LogP contribution >= 0.6 is 0 Å². The van der Waals surface area contributed by atoms with E-state index in [1.54, 1.807) is 38.3 Å². The van der Waals surface area contributed by atoms with Crippen molar-refractivity contribution >= 4 is 29.2 Å². The Morgan fingerprint density at radius 1 is 1.00 bits per heavy atom. The van der Waals surface area contributed by atoms with Crippen LogP contribution in [0, 0.1) is 29.6 Å². The quantitative estimate of drug-likeness (QED) is 0.503. The summed E-state index contributed by atoms with van der Waals surface area (Å²) in [6, 6.07) is 14.1. The molecule has 0 aromatic heterocycles. The van der Waals surface area contributed by atoms with Crippen LogP contribution in [0.1, 0.15) is 29.3 Å². The van der Waals surface area contributed by atoms with Gasteiger partial charge in [-0.3, -0.25) is 14.5 Å². The molecule has 4 aliphatic rings. The molecule has 6 rings (SSSR count).